The van der Waals surface area contributed by atoms with Crippen LogP contribution in [0.25, 0.3) is 0 Å². The Balaban J connectivity index is 1.32. The molecule has 2 aromatic rings. The first kappa shape index (κ1) is 19.7. The molecule has 8 nitrogen and oxygen atoms in total. The summed E-state index contributed by atoms with van der Waals surface area (Å²) < 4.78 is 29.2. The summed E-state index contributed by atoms with van der Waals surface area (Å²) in [4.78, 5) is 38.1. The number of carbonyl (C=O) groups is 3. The van der Waals surface area contributed by atoms with Crippen molar-refractivity contribution in [2.75, 3.05) is 36.6 Å². The molecule has 0 saturated carbocycles. The van der Waals surface area contributed by atoms with Crippen LogP contribution in [0, 0.1) is 11.7 Å². The van der Waals surface area contributed by atoms with Crippen LogP contribution in [0.4, 0.5) is 15.8 Å². The molecule has 2 aromatic carbocycles. The van der Waals surface area contributed by atoms with Gasteiger partial charge in [0.2, 0.25) is 5.91 Å². The fourth-order valence-electron chi connectivity index (χ4n) is 3.33. The lowest BCUT2D eigenvalue weighted by molar-refractivity contribution is -0.151. The number of ether oxygens (including phenoxy) is 3. The molecule has 0 aromatic heterocycles. The maximum absolute atomic E-state index is 13.2. The first-order valence-corrected chi connectivity index (χ1v) is 9.41. The Hall–Kier alpha value is -3.62. The summed E-state index contributed by atoms with van der Waals surface area (Å²) in [6.07, 6.45) is -0.0151. The van der Waals surface area contributed by atoms with Crippen molar-refractivity contribution in [2.24, 2.45) is 5.92 Å². The standard InChI is InChI=1S/C21H19FN2O6/c22-14-2-1-3-15(9-14)23-19(25)12-30-21(27)13-8-20(26)24(11-13)16-4-5-17-18(10-16)29-7-6-28-17/h1-5,9-10,13H,6-8,11-12H2,(H,23,25)/t13-/m1/s1. The topological polar surface area (TPSA) is 94.2 Å². The average molecular weight is 414 g/mol. The van der Waals surface area contributed by atoms with E-state index in [1.54, 1.807) is 18.2 Å². The summed E-state index contributed by atoms with van der Waals surface area (Å²) in [5, 5.41) is 2.44. The zero-order valence-electron chi connectivity index (χ0n) is 15.9. The number of halogens is 1. The predicted molar refractivity (Wildman–Crippen MR) is 104 cm³/mol. The van der Waals surface area contributed by atoms with Crippen LogP contribution >= 0.6 is 0 Å². The monoisotopic (exact) mass is 414 g/mol. The summed E-state index contributed by atoms with van der Waals surface area (Å²) in [5.41, 5.74) is 0.861. The number of amides is 2. The molecule has 1 saturated heterocycles. The Labute approximate surface area is 171 Å². The van der Waals surface area contributed by atoms with Gasteiger partial charge in [-0.25, -0.2) is 4.39 Å². The quantitative estimate of drug-likeness (QED) is 0.754. The molecule has 2 aliphatic heterocycles. The third-order valence-electron chi connectivity index (χ3n) is 4.75. The van der Waals surface area contributed by atoms with E-state index in [4.69, 9.17) is 14.2 Å². The highest BCUT2D eigenvalue weighted by Crippen LogP contribution is 2.36. The third-order valence-corrected chi connectivity index (χ3v) is 4.75. The molecule has 9 heteroatoms. The van der Waals surface area contributed by atoms with Gasteiger partial charge in [0, 0.05) is 30.4 Å². The minimum atomic E-state index is -0.687. The van der Waals surface area contributed by atoms with Crippen LogP contribution in [0.2, 0.25) is 0 Å². The summed E-state index contributed by atoms with van der Waals surface area (Å²) in [7, 11) is 0. The summed E-state index contributed by atoms with van der Waals surface area (Å²) >= 11 is 0. The maximum Gasteiger partial charge on any atom is 0.311 e. The summed E-state index contributed by atoms with van der Waals surface area (Å²) in [5.74, 6) is -1.48. The van der Waals surface area contributed by atoms with Gasteiger partial charge in [-0.1, -0.05) is 6.07 Å². The molecule has 0 radical (unpaired) electrons. The normalized spacial score (nSPS) is 17.6. The summed E-state index contributed by atoms with van der Waals surface area (Å²) in [6, 6.07) is 10.5. The molecule has 30 heavy (non-hydrogen) atoms. The number of nitrogens with one attached hydrogen (secondary N) is 1. The van der Waals surface area contributed by atoms with E-state index < -0.39 is 30.2 Å². The predicted octanol–water partition coefficient (Wildman–Crippen LogP) is 2.13. The van der Waals surface area contributed by atoms with Crippen LogP contribution in [0.5, 0.6) is 11.5 Å². The molecular weight excluding hydrogens is 395 g/mol. The fraction of sp³-hybridized carbons (Fsp3) is 0.286. The molecular formula is C21H19FN2O6. The molecule has 0 bridgehead atoms. The third kappa shape index (κ3) is 4.35. The van der Waals surface area contributed by atoms with Gasteiger partial charge in [-0.3, -0.25) is 14.4 Å². The zero-order chi connectivity index (χ0) is 21.1. The number of hydrogen-bond acceptors (Lipinski definition) is 6. The smallest absolute Gasteiger partial charge is 0.311 e. The Kier molecular flexibility index (Phi) is 5.51. The average Bonchev–Trinajstić information content (AvgIpc) is 3.13. The van der Waals surface area contributed by atoms with Crippen molar-refractivity contribution >= 4 is 29.2 Å². The van der Waals surface area contributed by atoms with Crippen molar-refractivity contribution in [1.29, 1.82) is 0 Å². The molecule has 4 rings (SSSR count). The van der Waals surface area contributed by atoms with E-state index in [2.05, 4.69) is 5.32 Å². The van der Waals surface area contributed by atoms with Crippen molar-refractivity contribution in [3.8, 4) is 11.5 Å². The van der Waals surface area contributed by atoms with Crippen LogP contribution < -0.4 is 19.7 Å². The van der Waals surface area contributed by atoms with Gasteiger partial charge < -0.3 is 24.4 Å². The Morgan fingerprint density at radius 1 is 1.13 bits per heavy atom. The van der Waals surface area contributed by atoms with Crippen LogP contribution in [0.15, 0.2) is 42.5 Å². The Morgan fingerprint density at radius 3 is 2.73 bits per heavy atom. The number of anilines is 2. The second-order valence-electron chi connectivity index (χ2n) is 6.90. The lowest BCUT2D eigenvalue weighted by Crippen LogP contribution is -2.28. The van der Waals surface area contributed by atoms with Crippen LogP contribution in [0.1, 0.15) is 6.42 Å². The highest BCUT2D eigenvalue weighted by molar-refractivity contribution is 6.00. The van der Waals surface area contributed by atoms with E-state index >= 15 is 0 Å². The SMILES string of the molecule is O=C(COC(=O)[C@@H]1CC(=O)N(c2ccc3c(c2)OCCO3)C1)Nc1cccc(F)c1. The van der Waals surface area contributed by atoms with Crippen molar-refractivity contribution in [2.45, 2.75) is 6.42 Å². The minimum Gasteiger partial charge on any atom is -0.486 e. The number of rotatable bonds is 5. The Bertz CT molecular complexity index is 995. The number of fused-ring (bicyclic) bond motifs is 1. The lowest BCUT2D eigenvalue weighted by atomic mass is 10.1. The van der Waals surface area contributed by atoms with E-state index in [0.717, 1.165) is 6.07 Å². The maximum atomic E-state index is 13.2. The first-order chi connectivity index (χ1) is 14.5. The second kappa shape index (κ2) is 8.40. The molecule has 2 heterocycles. The number of carbonyl (C=O) groups excluding carboxylic acids is 3. The van der Waals surface area contributed by atoms with Gasteiger partial charge in [-0.2, -0.15) is 0 Å². The van der Waals surface area contributed by atoms with E-state index in [1.807, 2.05) is 0 Å². The van der Waals surface area contributed by atoms with Crippen molar-refractivity contribution in [3.05, 3.63) is 48.3 Å². The van der Waals surface area contributed by atoms with Gasteiger partial charge in [0.05, 0.1) is 5.92 Å². The van der Waals surface area contributed by atoms with Gasteiger partial charge in [-0.15, -0.1) is 0 Å². The molecule has 156 valence electrons. The Morgan fingerprint density at radius 2 is 1.93 bits per heavy atom. The molecule has 2 amide bonds. The molecule has 1 N–H and O–H groups in total. The second-order valence-corrected chi connectivity index (χ2v) is 6.90. The van der Waals surface area contributed by atoms with Gasteiger partial charge in [0.25, 0.3) is 5.91 Å². The molecule has 0 spiro atoms. The first-order valence-electron chi connectivity index (χ1n) is 9.41. The van der Waals surface area contributed by atoms with E-state index in [-0.39, 0.29) is 24.6 Å². The van der Waals surface area contributed by atoms with Gasteiger partial charge in [-0.05, 0) is 30.3 Å². The molecule has 1 atom stereocenters. The van der Waals surface area contributed by atoms with E-state index in [0.29, 0.717) is 30.4 Å². The van der Waals surface area contributed by atoms with Crippen LogP contribution in [0.3, 0.4) is 0 Å². The minimum absolute atomic E-state index is 0.0151. The fourth-order valence-corrected chi connectivity index (χ4v) is 3.33. The molecule has 0 aliphatic carbocycles. The highest BCUT2D eigenvalue weighted by Gasteiger charge is 2.36. The van der Waals surface area contributed by atoms with Crippen LogP contribution in [-0.2, 0) is 19.1 Å². The number of benzene rings is 2. The number of hydrogen-bond donors (Lipinski definition) is 1. The lowest BCUT2D eigenvalue weighted by Gasteiger charge is -2.22. The van der Waals surface area contributed by atoms with Gasteiger partial charge in [0.1, 0.15) is 19.0 Å². The van der Waals surface area contributed by atoms with Crippen molar-refractivity contribution in [1.82, 2.24) is 0 Å². The summed E-state index contributed by atoms with van der Waals surface area (Å²) in [6.45, 7) is 0.514. The van der Waals surface area contributed by atoms with Crippen LogP contribution in [-0.4, -0.2) is 44.1 Å². The molecule has 2 aliphatic rings. The number of nitrogens with zero attached hydrogens (tertiary/aromatic N) is 1. The molecule has 0 unspecified atom stereocenters. The van der Waals surface area contributed by atoms with E-state index in [9.17, 15) is 18.8 Å². The zero-order valence-corrected chi connectivity index (χ0v) is 15.9. The largest absolute Gasteiger partial charge is 0.486 e. The highest BCUT2D eigenvalue weighted by atomic mass is 19.1. The van der Waals surface area contributed by atoms with Crippen molar-refractivity contribution < 1.29 is 33.0 Å². The molecule has 1 fully saturated rings. The van der Waals surface area contributed by atoms with Crippen molar-refractivity contribution in [3.63, 3.8) is 0 Å². The van der Waals surface area contributed by atoms with Gasteiger partial charge >= 0.3 is 5.97 Å². The number of esters is 1. The van der Waals surface area contributed by atoms with Gasteiger partial charge in [0.15, 0.2) is 18.1 Å². The van der Waals surface area contributed by atoms with E-state index in [1.165, 1.54) is 23.1 Å².